The van der Waals surface area contributed by atoms with Crippen molar-refractivity contribution >= 4 is 72.9 Å². The van der Waals surface area contributed by atoms with Gasteiger partial charge >= 0.3 is 6.85 Å². The second-order valence-electron chi connectivity index (χ2n) is 19.3. The molecule has 5 heterocycles. The molecule has 0 fully saturated rings. The van der Waals surface area contributed by atoms with E-state index in [2.05, 4.69) is 178 Å². The van der Waals surface area contributed by atoms with Gasteiger partial charge in [-0.15, -0.1) is 0 Å². The first-order valence-electron chi connectivity index (χ1n) is 21.7. The van der Waals surface area contributed by atoms with Crippen LogP contribution in [0.5, 0.6) is 23.0 Å². The van der Waals surface area contributed by atoms with Gasteiger partial charge in [-0.05, 0) is 110 Å². The van der Waals surface area contributed by atoms with Crippen molar-refractivity contribution in [2.45, 2.75) is 52.4 Å². The minimum absolute atomic E-state index is 0.0170. The molecule has 8 aromatic carbocycles. The van der Waals surface area contributed by atoms with Crippen molar-refractivity contribution in [3.05, 3.63) is 163 Å². The Morgan fingerprint density at radius 2 is 1.16 bits per heavy atom. The number of benzene rings is 8. The van der Waals surface area contributed by atoms with E-state index >= 15 is 0 Å². The van der Waals surface area contributed by atoms with E-state index in [1.165, 1.54) is 60.7 Å². The quantitative estimate of drug-likeness (QED) is 0.163. The van der Waals surface area contributed by atoms with Crippen molar-refractivity contribution in [2.75, 3.05) is 4.81 Å². The van der Waals surface area contributed by atoms with Gasteiger partial charge in [0, 0.05) is 44.5 Å². The third-order valence-corrected chi connectivity index (χ3v) is 13.5. The number of aromatic nitrogens is 1. The Kier molecular flexibility index (Phi) is 7.02. The molecular weight excluding hydrogens is 759 g/mol. The molecule has 6 heteroatoms. The van der Waals surface area contributed by atoms with E-state index in [9.17, 15) is 0 Å². The highest BCUT2D eigenvalue weighted by Crippen LogP contribution is 2.54. The minimum atomic E-state index is -0.227. The van der Waals surface area contributed by atoms with Crippen LogP contribution in [0, 0.1) is 0 Å². The molecule has 0 spiro atoms. The Hall–Kier alpha value is -7.18. The van der Waals surface area contributed by atoms with Crippen LogP contribution in [0.3, 0.4) is 0 Å². The lowest BCUT2D eigenvalue weighted by atomic mass is 9.43. The van der Waals surface area contributed by atoms with Crippen molar-refractivity contribution in [2.24, 2.45) is 0 Å². The predicted molar refractivity (Wildman–Crippen MR) is 257 cm³/mol. The number of nitrogens with zero attached hydrogens (tertiary/aromatic N) is 2. The van der Waals surface area contributed by atoms with E-state index in [1.807, 2.05) is 24.3 Å². The second kappa shape index (κ2) is 12.2. The Bertz CT molecular complexity index is 3570. The number of hydrogen-bond acceptors (Lipinski definition) is 4. The molecule has 0 N–H and O–H groups in total. The molecule has 3 aliphatic heterocycles. The number of anilines is 2. The Morgan fingerprint density at radius 1 is 0.468 bits per heavy atom. The smallest absolute Gasteiger partial charge is 0.333 e. The number of furan rings is 1. The number of para-hydroxylation sites is 4. The molecule has 0 aliphatic carbocycles. The molecule has 2 aromatic heterocycles. The van der Waals surface area contributed by atoms with Crippen LogP contribution in [0.25, 0.3) is 71.7 Å². The highest BCUT2D eigenvalue weighted by molar-refractivity contribution is 6.93. The van der Waals surface area contributed by atoms with Gasteiger partial charge in [-0.2, -0.15) is 0 Å². The fourth-order valence-electron chi connectivity index (χ4n) is 10.4. The summed E-state index contributed by atoms with van der Waals surface area (Å²) >= 11 is 0. The van der Waals surface area contributed by atoms with E-state index in [0.29, 0.717) is 23.0 Å². The van der Waals surface area contributed by atoms with Crippen molar-refractivity contribution in [1.29, 1.82) is 0 Å². The van der Waals surface area contributed by atoms with Crippen molar-refractivity contribution in [3.8, 4) is 50.9 Å². The molecule has 3 aliphatic rings. The van der Waals surface area contributed by atoms with Gasteiger partial charge in [0.1, 0.15) is 5.58 Å². The molecule has 13 rings (SSSR count). The lowest BCUT2D eigenvalue weighted by Gasteiger charge is -2.43. The predicted octanol–water partition coefficient (Wildman–Crippen LogP) is 14.1. The molecule has 0 radical (unpaired) electrons. The molecule has 0 saturated carbocycles. The average molecular weight is 803 g/mol. The summed E-state index contributed by atoms with van der Waals surface area (Å²) < 4.78 is 22.9. The second-order valence-corrected chi connectivity index (χ2v) is 19.3. The third kappa shape index (κ3) is 4.92. The van der Waals surface area contributed by atoms with Gasteiger partial charge in [0.25, 0.3) is 0 Å². The fourth-order valence-corrected chi connectivity index (χ4v) is 10.4. The number of hydrogen-bond donors (Lipinski definition) is 0. The zero-order chi connectivity index (χ0) is 41.8. The third-order valence-electron chi connectivity index (χ3n) is 13.5. The molecule has 0 atom stereocenters. The standard InChI is InChI=1S/C56H43BN2O3/c1-55(2,3)34-23-24-43-38(27-34)41-28-35(56(4,5)6)29-42-53(41)58(43)46-26-33(32-15-8-7-9-16-32)25-40-39-30-50-51(61-49-22-13-12-21-48(49)60-50)31-45(39)59(57(42)52(40)46)44-19-14-18-37-36-17-10-11-20-47(36)62-54(37)44/h7-31H,1-6H3. The Morgan fingerprint density at radius 3 is 1.94 bits per heavy atom. The van der Waals surface area contributed by atoms with Gasteiger partial charge < -0.3 is 23.3 Å². The zero-order valence-electron chi connectivity index (χ0n) is 35.6. The summed E-state index contributed by atoms with van der Waals surface area (Å²) in [6.07, 6.45) is 0. The summed E-state index contributed by atoms with van der Waals surface area (Å²) in [7, 11) is 0. The van der Waals surface area contributed by atoms with Crippen molar-refractivity contribution in [1.82, 2.24) is 4.57 Å². The van der Waals surface area contributed by atoms with E-state index in [-0.39, 0.29) is 17.7 Å². The summed E-state index contributed by atoms with van der Waals surface area (Å²) in [5.41, 5.74) is 17.0. The highest BCUT2D eigenvalue weighted by atomic mass is 16.6. The SMILES string of the molecule is CC(C)(C)c1ccc2c(c1)c1cc(C(C)(C)C)cc3c1n2-c1cc(-c2ccccc2)cc2c1B3N(c1cccc3c1oc1ccccc13)c1cc3c(cc1-2)Oc1ccccc1O3. The van der Waals surface area contributed by atoms with Crippen LogP contribution < -0.4 is 25.2 Å². The first kappa shape index (κ1) is 35.6. The van der Waals surface area contributed by atoms with E-state index in [4.69, 9.17) is 13.9 Å². The van der Waals surface area contributed by atoms with Gasteiger partial charge in [-0.3, -0.25) is 0 Å². The van der Waals surface area contributed by atoms with Crippen LogP contribution in [0.4, 0.5) is 11.4 Å². The molecule has 0 amide bonds. The molecule has 0 saturated heterocycles. The average Bonchev–Trinajstić information content (AvgIpc) is 3.82. The summed E-state index contributed by atoms with van der Waals surface area (Å²) in [5.74, 6) is 2.78. The van der Waals surface area contributed by atoms with E-state index < -0.39 is 0 Å². The lowest BCUT2D eigenvalue weighted by molar-refractivity contribution is 0.360. The first-order valence-corrected chi connectivity index (χ1v) is 21.7. The summed E-state index contributed by atoms with van der Waals surface area (Å²) in [6, 6.07) is 55.0. The van der Waals surface area contributed by atoms with Crippen LogP contribution in [0.2, 0.25) is 0 Å². The maximum Gasteiger partial charge on any atom is 0.333 e. The number of fused-ring (bicyclic) bond motifs is 12. The maximum atomic E-state index is 6.93. The van der Waals surface area contributed by atoms with Crippen LogP contribution in [-0.2, 0) is 10.8 Å². The Balaban J connectivity index is 1.21. The van der Waals surface area contributed by atoms with Crippen LogP contribution in [-0.4, -0.2) is 11.4 Å². The summed E-state index contributed by atoms with van der Waals surface area (Å²) in [4.78, 5) is 2.54. The molecule has 10 aromatic rings. The van der Waals surface area contributed by atoms with Gasteiger partial charge in [0.15, 0.2) is 28.6 Å². The number of rotatable bonds is 2. The van der Waals surface area contributed by atoms with Gasteiger partial charge in [-0.1, -0.05) is 126 Å². The van der Waals surface area contributed by atoms with Crippen molar-refractivity contribution < 1.29 is 13.9 Å². The Labute approximate surface area is 360 Å². The topological polar surface area (TPSA) is 39.8 Å². The normalized spacial score (nSPS) is 13.8. The molecular formula is C56H43BN2O3. The van der Waals surface area contributed by atoms with Gasteiger partial charge in [0.2, 0.25) is 0 Å². The largest absolute Gasteiger partial charge is 0.454 e. The summed E-state index contributed by atoms with van der Waals surface area (Å²) in [6.45, 7) is 13.7. The lowest BCUT2D eigenvalue weighted by Crippen LogP contribution is -2.60. The summed E-state index contributed by atoms with van der Waals surface area (Å²) in [5, 5.41) is 4.74. The maximum absolute atomic E-state index is 6.93. The monoisotopic (exact) mass is 802 g/mol. The molecule has 0 bridgehead atoms. The van der Waals surface area contributed by atoms with E-state index in [1.54, 1.807) is 0 Å². The molecule has 0 unspecified atom stereocenters. The first-order chi connectivity index (χ1) is 30.0. The number of ether oxygens (including phenoxy) is 2. The fraction of sp³-hybridized carbons (Fsp3) is 0.143. The zero-order valence-corrected chi connectivity index (χ0v) is 35.6. The van der Waals surface area contributed by atoms with Crippen LogP contribution >= 0.6 is 0 Å². The molecule has 5 nitrogen and oxygen atoms in total. The van der Waals surface area contributed by atoms with Crippen LogP contribution in [0.1, 0.15) is 52.7 Å². The minimum Gasteiger partial charge on any atom is -0.454 e. The van der Waals surface area contributed by atoms with E-state index in [0.717, 1.165) is 44.4 Å². The molecule has 298 valence electrons. The highest BCUT2D eigenvalue weighted by Gasteiger charge is 2.46. The van der Waals surface area contributed by atoms with Gasteiger partial charge in [-0.25, -0.2) is 0 Å². The van der Waals surface area contributed by atoms with Crippen molar-refractivity contribution in [3.63, 3.8) is 0 Å². The molecule has 62 heavy (non-hydrogen) atoms. The van der Waals surface area contributed by atoms with Gasteiger partial charge in [0.05, 0.1) is 16.7 Å². The van der Waals surface area contributed by atoms with Crippen LogP contribution in [0.15, 0.2) is 156 Å².